The van der Waals surface area contributed by atoms with Crippen molar-refractivity contribution in [1.82, 2.24) is 9.88 Å². The smallest absolute Gasteiger partial charge is 0.266 e. The molecule has 0 bridgehead atoms. The minimum absolute atomic E-state index is 0.0485. The Morgan fingerprint density at radius 1 is 0.893 bits per heavy atom. The summed E-state index contributed by atoms with van der Waals surface area (Å²) in [4.78, 5) is 20.6. The number of aromatic nitrogens is 1. The number of carbonyl (C=O) groups excluding carboxylic acids is 1. The lowest BCUT2D eigenvalue weighted by Crippen LogP contribution is -2.36. The highest BCUT2D eigenvalue weighted by molar-refractivity contribution is 7.17. The first kappa shape index (κ1) is 20.2. The van der Waals surface area contributed by atoms with Crippen LogP contribution in [0.4, 0.5) is 0 Å². The zero-order chi connectivity index (χ0) is 19.8. The molecule has 0 fully saturated rings. The van der Waals surface area contributed by atoms with Crippen LogP contribution < -0.4 is 0 Å². The number of thiazole rings is 1. The number of nitrogens with zero attached hydrogens (tertiary/aromatic N) is 2. The first-order chi connectivity index (χ1) is 13.7. The Balaban J connectivity index is 2.01. The average Bonchev–Trinajstić information content (AvgIpc) is 3.20. The SMILES string of the molecule is COCCN(CCOC)C(=O)c1sc(-c2ccccc2)nc1-c1ccccc1. The van der Waals surface area contributed by atoms with E-state index in [0.717, 1.165) is 16.1 Å². The maximum atomic E-state index is 13.4. The Morgan fingerprint density at radius 2 is 1.43 bits per heavy atom. The van der Waals surface area contributed by atoms with E-state index in [-0.39, 0.29) is 5.91 Å². The van der Waals surface area contributed by atoms with Gasteiger partial charge < -0.3 is 14.4 Å². The van der Waals surface area contributed by atoms with Gasteiger partial charge in [0.05, 0.1) is 18.9 Å². The highest BCUT2D eigenvalue weighted by Gasteiger charge is 2.24. The molecule has 2 aromatic carbocycles. The third kappa shape index (κ3) is 4.84. The van der Waals surface area contributed by atoms with Gasteiger partial charge in [-0.15, -0.1) is 11.3 Å². The maximum absolute atomic E-state index is 13.4. The predicted octanol–water partition coefficient (Wildman–Crippen LogP) is 4.21. The van der Waals surface area contributed by atoms with Crippen LogP contribution in [0, 0.1) is 0 Å². The molecule has 28 heavy (non-hydrogen) atoms. The van der Waals surface area contributed by atoms with Crippen LogP contribution in [0.2, 0.25) is 0 Å². The van der Waals surface area contributed by atoms with E-state index in [1.165, 1.54) is 11.3 Å². The lowest BCUT2D eigenvalue weighted by Gasteiger charge is -2.21. The monoisotopic (exact) mass is 396 g/mol. The fourth-order valence-electron chi connectivity index (χ4n) is 2.82. The van der Waals surface area contributed by atoms with Gasteiger partial charge in [0.2, 0.25) is 0 Å². The first-order valence-electron chi connectivity index (χ1n) is 9.13. The summed E-state index contributed by atoms with van der Waals surface area (Å²) in [6.07, 6.45) is 0. The van der Waals surface area contributed by atoms with Gasteiger partial charge in [0.15, 0.2) is 0 Å². The summed E-state index contributed by atoms with van der Waals surface area (Å²) >= 11 is 1.43. The van der Waals surface area contributed by atoms with Crippen LogP contribution in [0.3, 0.4) is 0 Å². The van der Waals surface area contributed by atoms with Crippen molar-refractivity contribution < 1.29 is 14.3 Å². The molecule has 3 aromatic rings. The van der Waals surface area contributed by atoms with Crippen LogP contribution in [0.15, 0.2) is 60.7 Å². The van der Waals surface area contributed by atoms with Crippen molar-refractivity contribution in [2.45, 2.75) is 0 Å². The molecule has 3 rings (SSSR count). The summed E-state index contributed by atoms with van der Waals surface area (Å²) in [7, 11) is 3.27. The molecule has 1 amide bonds. The highest BCUT2D eigenvalue weighted by Crippen LogP contribution is 2.34. The summed E-state index contributed by atoms with van der Waals surface area (Å²) in [6.45, 7) is 1.96. The van der Waals surface area contributed by atoms with Gasteiger partial charge in [-0.2, -0.15) is 0 Å². The van der Waals surface area contributed by atoms with E-state index in [1.807, 2.05) is 60.7 Å². The quantitative estimate of drug-likeness (QED) is 0.544. The Bertz CT molecular complexity index is 873. The van der Waals surface area contributed by atoms with Gasteiger partial charge in [-0.25, -0.2) is 4.98 Å². The van der Waals surface area contributed by atoms with Gasteiger partial charge in [0.25, 0.3) is 5.91 Å². The molecule has 0 aliphatic rings. The molecule has 5 nitrogen and oxygen atoms in total. The number of benzene rings is 2. The summed E-state index contributed by atoms with van der Waals surface area (Å²) in [5.74, 6) is -0.0485. The Hall–Kier alpha value is -2.54. The standard InChI is InChI=1S/C22H24N2O3S/c1-26-15-13-24(14-16-27-2)22(25)20-19(17-9-5-3-6-10-17)23-21(28-20)18-11-7-4-8-12-18/h3-12H,13-16H2,1-2H3. The summed E-state index contributed by atoms with van der Waals surface area (Å²) in [6, 6.07) is 19.8. The van der Waals surface area contributed by atoms with Gasteiger partial charge >= 0.3 is 0 Å². The third-order valence-corrected chi connectivity index (χ3v) is 5.40. The van der Waals surface area contributed by atoms with Crippen LogP contribution in [0.1, 0.15) is 9.67 Å². The average molecular weight is 397 g/mol. The molecular formula is C22H24N2O3S. The van der Waals surface area contributed by atoms with Crippen molar-refractivity contribution in [3.63, 3.8) is 0 Å². The summed E-state index contributed by atoms with van der Waals surface area (Å²) < 4.78 is 10.4. The molecule has 0 aliphatic carbocycles. The van der Waals surface area contributed by atoms with E-state index in [0.29, 0.717) is 36.9 Å². The number of hydrogen-bond donors (Lipinski definition) is 0. The van der Waals surface area contributed by atoms with E-state index >= 15 is 0 Å². The van der Waals surface area contributed by atoms with Crippen molar-refractivity contribution in [3.05, 3.63) is 65.5 Å². The van der Waals surface area contributed by atoms with Crippen molar-refractivity contribution in [3.8, 4) is 21.8 Å². The topological polar surface area (TPSA) is 51.7 Å². The van der Waals surface area contributed by atoms with E-state index < -0.39 is 0 Å². The van der Waals surface area contributed by atoms with E-state index in [1.54, 1.807) is 19.1 Å². The van der Waals surface area contributed by atoms with Crippen molar-refractivity contribution in [2.24, 2.45) is 0 Å². The molecule has 1 aromatic heterocycles. The molecule has 146 valence electrons. The molecular weight excluding hydrogens is 372 g/mol. The predicted molar refractivity (Wildman–Crippen MR) is 113 cm³/mol. The largest absolute Gasteiger partial charge is 0.383 e. The first-order valence-corrected chi connectivity index (χ1v) is 9.95. The number of ether oxygens (including phenoxy) is 2. The molecule has 0 spiro atoms. The highest BCUT2D eigenvalue weighted by atomic mass is 32.1. The second-order valence-corrected chi connectivity index (χ2v) is 7.21. The van der Waals surface area contributed by atoms with Gasteiger partial charge in [0, 0.05) is 38.4 Å². The minimum Gasteiger partial charge on any atom is -0.383 e. The number of amides is 1. The van der Waals surface area contributed by atoms with Crippen molar-refractivity contribution in [1.29, 1.82) is 0 Å². The van der Waals surface area contributed by atoms with Crippen LogP contribution in [-0.2, 0) is 9.47 Å². The van der Waals surface area contributed by atoms with Gasteiger partial charge in [-0.1, -0.05) is 60.7 Å². The van der Waals surface area contributed by atoms with Gasteiger partial charge in [0.1, 0.15) is 9.88 Å². The second-order valence-electron chi connectivity index (χ2n) is 6.21. The minimum atomic E-state index is -0.0485. The van der Waals surface area contributed by atoms with Gasteiger partial charge in [-0.3, -0.25) is 4.79 Å². The summed E-state index contributed by atoms with van der Waals surface area (Å²) in [5, 5.41) is 0.834. The fourth-order valence-corrected chi connectivity index (χ4v) is 3.88. The lowest BCUT2D eigenvalue weighted by molar-refractivity contribution is 0.0632. The number of carbonyl (C=O) groups is 1. The van der Waals surface area contributed by atoms with E-state index in [4.69, 9.17) is 14.5 Å². The van der Waals surface area contributed by atoms with Gasteiger partial charge in [-0.05, 0) is 0 Å². The Kier molecular flexibility index (Phi) is 7.31. The molecule has 0 saturated heterocycles. The number of methoxy groups -OCH3 is 2. The van der Waals surface area contributed by atoms with Crippen molar-refractivity contribution in [2.75, 3.05) is 40.5 Å². The molecule has 6 heteroatoms. The Labute approximate surface area is 169 Å². The molecule has 0 aliphatic heterocycles. The zero-order valence-corrected chi connectivity index (χ0v) is 16.9. The van der Waals surface area contributed by atoms with E-state index in [9.17, 15) is 4.79 Å². The van der Waals surface area contributed by atoms with Crippen molar-refractivity contribution >= 4 is 17.2 Å². The maximum Gasteiger partial charge on any atom is 0.266 e. The van der Waals surface area contributed by atoms with Crippen LogP contribution >= 0.6 is 11.3 Å². The van der Waals surface area contributed by atoms with Crippen LogP contribution in [-0.4, -0.2) is 56.3 Å². The fraction of sp³-hybridized carbons (Fsp3) is 0.273. The lowest BCUT2D eigenvalue weighted by atomic mass is 10.1. The number of hydrogen-bond acceptors (Lipinski definition) is 5. The summed E-state index contributed by atoms with van der Waals surface area (Å²) in [5.41, 5.74) is 2.65. The molecule has 1 heterocycles. The molecule has 0 radical (unpaired) electrons. The second kappa shape index (κ2) is 10.1. The van der Waals surface area contributed by atoms with Crippen LogP contribution in [0.5, 0.6) is 0 Å². The number of rotatable bonds is 9. The molecule has 0 unspecified atom stereocenters. The van der Waals surface area contributed by atoms with Crippen LogP contribution in [0.25, 0.3) is 21.8 Å². The molecule has 0 N–H and O–H groups in total. The molecule has 0 saturated carbocycles. The Morgan fingerprint density at radius 3 is 1.96 bits per heavy atom. The zero-order valence-electron chi connectivity index (χ0n) is 16.1. The third-order valence-electron chi connectivity index (χ3n) is 4.31. The molecule has 0 atom stereocenters. The van der Waals surface area contributed by atoms with E-state index in [2.05, 4.69) is 0 Å². The normalized spacial score (nSPS) is 10.8.